The van der Waals surface area contributed by atoms with Gasteiger partial charge in [-0.3, -0.25) is 0 Å². The second kappa shape index (κ2) is 5.40. The smallest absolute Gasteiger partial charge is 0.347 e. The first-order chi connectivity index (χ1) is 8.50. The molecular weight excluding hydrogens is 265 g/mol. The van der Waals surface area contributed by atoms with Gasteiger partial charge < -0.3 is 10.2 Å². The Bertz CT molecular complexity index is 385. The summed E-state index contributed by atoms with van der Waals surface area (Å²) in [6.07, 6.45) is -2.44. The average molecular weight is 280 g/mol. The molecule has 4 nitrogen and oxygen atoms in total. The Hall–Kier alpha value is -0.890. The minimum atomic E-state index is -4.39. The second-order valence-electron chi connectivity index (χ2n) is 4.38. The molecular formula is C10H15F3N4S. The molecule has 0 saturated carbocycles. The van der Waals surface area contributed by atoms with Crippen molar-refractivity contribution in [2.24, 2.45) is 5.92 Å². The summed E-state index contributed by atoms with van der Waals surface area (Å²) in [6.45, 7) is 2.45. The van der Waals surface area contributed by atoms with Gasteiger partial charge in [-0.05, 0) is 32.4 Å². The lowest BCUT2D eigenvalue weighted by Crippen LogP contribution is -2.36. The first kappa shape index (κ1) is 13.5. The minimum absolute atomic E-state index is 0.380. The highest BCUT2D eigenvalue weighted by atomic mass is 32.1. The maximum atomic E-state index is 12.4. The molecule has 1 aliphatic heterocycles. The van der Waals surface area contributed by atoms with Crippen molar-refractivity contribution in [3.05, 3.63) is 5.01 Å². The third-order valence-corrected chi connectivity index (χ3v) is 4.06. The van der Waals surface area contributed by atoms with Gasteiger partial charge in [0, 0.05) is 13.1 Å². The Morgan fingerprint density at radius 2 is 2.00 bits per heavy atom. The van der Waals surface area contributed by atoms with Gasteiger partial charge >= 0.3 is 6.18 Å². The van der Waals surface area contributed by atoms with Gasteiger partial charge in [0.05, 0.1) is 0 Å². The number of anilines is 1. The van der Waals surface area contributed by atoms with Crippen molar-refractivity contribution in [3.8, 4) is 0 Å². The first-order valence-corrected chi connectivity index (χ1v) is 6.62. The van der Waals surface area contributed by atoms with Crippen LogP contribution in [0.3, 0.4) is 0 Å². The molecule has 1 aromatic rings. The van der Waals surface area contributed by atoms with Crippen LogP contribution in [-0.4, -0.2) is 36.9 Å². The molecule has 0 unspecified atom stereocenters. The van der Waals surface area contributed by atoms with Gasteiger partial charge in [-0.15, -0.1) is 10.2 Å². The highest BCUT2D eigenvalue weighted by molar-refractivity contribution is 7.15. The van der Waals surface area contributed by atoms with Crippen molar-refractivity contribution in [2.75, 3.05) is 31.6 Å². The Morgan fingerprint density at radius 1 is 1.33 bits per heavy atom. The zero-order valence-corrected chi connectivity index (χ0v) is 10.8. The first-order valence-electron chi connectivity index (χ1n) is 5.81. The molecule has 1 aromatic heterocycles. The number of nitrogens with zero attached hydrogens (tertiary/aromatic N) is 3. The molecule has 0 aromatic carbocycles. The maximum absolute atomic E-state index is 12.4. The number of piperidine rings is 1. The molecule has 102 valence electrons. The Kier molecular flexibility index (Phi) is 4.06. The number of hydrogen-bond donors (Lipinski definition) is 1. The fourth-order valence-electron chi connectivity index (χ4n) is 2.07. The van der Waals surface area contributed by atoms with E-state index in [9.17, 15) is 13.2 Å². The molecule has 1 aliphatic rings. The zero-order valence-electron chi connectivity index (χ0n) is 10.00. The lowest BCUT2D eigenvalue weighted by molar-refractivity contribution is -0.138. The van der Waals surface area contributed by atoms with Crippen molar-refractivity contribution in [1.29, 1.82) is 0 Å². The molecule has 8 heteroatoms. The highest BCUT2D eigenvalue weighted by Crippen LogP contribution is 2.35. The van der Waals surface area contributed by atoms with E-state index >= 15 is 0 Å². The number of nitrogens with one attached hydrogen (secondary N) is 1. The Morgan fingerprint density at radius 3 is 2.50 bits per heavy atom. The van der Waals surface area contributed by atoms with Crippen LogP contribution >= 0.6 is 11.3 Å². The second-order valence-corrected chi connectivity index (χ2v) is 5.33. The molecule has 0 amide bonds. The van der Waals surface area contributed by atoms with Gasteiger partial charge in [0.15, 0.2) is 0 Å². The van der Waals surface area contributed by atoms with E-state index in [-0.39, 0.29) is 0 Å². The topological polar surface area (TPSA) is 41.0 Å². The largest absolute Gasteiger partial charge is 0.445 e. The summed E-state index contributed by atoms with van der Waals surface area (Å²) >= 11 is 0.624. The Balaban J connectivity index is 1.95. The van der Waals surface area contributed by atoms with Crippen LogP contribution in [0, 0.1) is 5.92 Å². The summed E-state index contributed by atoms with van der Waals surface area (Å²) in [5.41, 5.74) is 0. The summed E-state index contributed by atoms with van der Waals surface area (Å²) in [5.74, 6) is 0.598. The van der Waals surface area contributed by atoms with Crippen LogP contribution in [-0.2, 0) is 6.18 Å². The molecule has 18 heavy (non-hydrogen) atoms. The summed E-state index contributed by atoms with van der Waals surface area (Å²) in [4.78, 5) is 1.89. The van der Waals surface area contributed by atoms with E-state index in [1.165, 1.54) is 0 Å². The summed E-state index contributed by atoms with van der Waals surface area (Å²) in [6, 6.07) is 0. The molecule has 0 aliphatic carbocycles. The summed E-state index contributed by atoms with van der Waals surface area (Å²) < 4.78 is 37.2. The van der Waals surface area contributed by atoms with Crippen LogP contribution in [0.1, 0.15) is 17.8 Å². The fraction of sp³-hybridized carbons (Fsp3) is 0.800. The molecule has 2 rings (SSSR count). The molecule has 1 N–H and O–H groups in total. The van der Waals surface area contributed by atoms with Crippen molar-refractivity contribution in [1.82, 2.24) is 15.5 Å². The van der Waals surface area contributed by atoms with E-state index in [0.29, 0.717) is 22.4 Å². The number of alkyl halides is 3. The number of halogens is 3. The van der Waals surface area contributed by atoms with Gasteiger partial charge in [0.25, 0.3) is 0 Å². The van der Waals surface area contributed by atoms with E-state index in [1.807, 2.05) is 11.9 Å². The van der Waals surface area contributed by atoms with Crippen LogP contribution in [0.15, 0.2) is 0 Å². The Labute approximate surface area is 107 Å². The number of aromatic nitrogens is 2. The van der Waals surface area contributed by atoms with E-state index in [1.54, 1.807) is 0 Å². The average Bonchev–Trinajstić information content (AvgIpc) is 2.79. The zero-order chi connectivity index (χ0) is 13.2. The minimum Gasteiger partial charge on any atom is -0.347 e. The SMILES string of the molecule is CNCC1CCN(c2nnc(C(F)(F)F)s2)CC1. The molecule has 2 heterocycles. The molecule has 1 saturated heterocycles. The molecule has 0 atom stereocenters. The van der Waals surface area contributed by atoms with Crippen LogP contribution in [0.2, 0.25) is 0 Å². The van der Waals surface area contributed by atoms with E-state index in [2.05, 4.69) is 15.5 Å². The van der Waals surface area contributed by atoms with Crippen molar-refractivity contribution in [2.45, 2.75) is 19.0 Å². The van der Waals surface area contributed by atoms with E-state index in [4.69, 9.17) is 0 Å². The molecule has 0 spiro atoms. The van der Waals surface area contributed by atoms with Crippen LogP contribution < -0.4 is 10.2 Å². The number of rotatable bonds is 3. The van der Waals surface area contributed by atoms with Gasteiger partial charge in [0.2, 0.25) is 10.1 Å². The number of hydrogen-bond acceptors (Lipinski definition) is 5. The van der Waals surface area contributed by atoms with Crippen molar-refractivity contribution >= 4 is 16.5 Å². The van der Waals surface area contributed by atoms with Crippen LogP contribution in [0.4, 0.5) is 18.3 Å². The van der Waals surface area contributed by atoms with Crippen molar-refractivity contribution in [3.63, 3.8) is 0 Å². The van der Waals surface area contributed by atoms with E-state index < -0.39 is 11.2 Å². The fourth-order valence-corrected chi connectivity index (χ4v) is 2.84. The summed E-state index contributed by atoms with van der Waals surface area (Å²) in [5, 5.41) is 9.48. The monoisotopic (exact) mass is 280 g/mol. The predicted octanol–water partition coefficient (Wildman–Crippen LogP) is 1.99. The van der Waals surface area contributed by atoms with Gasteiger partial charge in [-0.2, -0.15) is 13.2 Å². The van der Waals surface area contributed by atoms with Gasteiger partial charge in [-0.25, -0.2) is 0 Å². The normalized spacial score (nSPS) is 18.3. The van der Waals surface area contributed by atoms with E-state index in [0.717, 1.165) is 32.5 Å². The quantitative estimate of drug-likeness (QED) is 0.919. The predicted molar refractivity (Wildman–Crippen MR) is 63.8 cm³/mol. The molecule has 0 bridgehead atoms. The summed E-state index contributed by atoms with van der Waals surface area (Å²) in [7, 11) is 1.91. The third-order valence-electron chi connectivity index (χ3n) is 3.03. The molecule has 1 fully saturated rings. The van der Waals surface area contributed by atoms with Gasteiger partial charge in [-0.1, -0.05) is 11.3 Å². The van der Waals surface area contributed by atoms with Crippen molar-refractivity contribution < 1.29 is 13.2 Å². The lowest BCUT2D eigenvalue weighted by atomic mass is 9.97. The highest BCUT2D eigenvalue weighted by Gasteiger charge is 2.36. The van der Waals surface area contributed by atoms with Gasteiger partial charge in [0.1, 0.15) is 0 Å². The molecule has 0 radical (unpaired) electrons. The van der Waals surface area contributed by atoms with Crippen LogP contribution in [0.25, 0.3) is 0 Å². The van der Waals surface area contributed by atoms with Crippen LogP contribution in [0.5, 0.6) is 0 Å². The standard InChI is InChI=1S/C10H15F3N4S/c1-14-6-7-2-4-17(5-3-7)9-16-15-8(18-9)10(11,12)13/h7,14H,2-6H2,1H3. The maximum Gasteiger partial charge on any atom is 0.445 e. The lowest BCUT2D eigenvalue weighted by Gasteiger charge is -2.31. The third kappa shape index (κ3) is 3.11.